The summed E-state index contributed by atoms with van der Waals surface area (Å²) in [4.78, 5) is 10.3. The van der Waals surface area contributed by atoms with Crippen molar-refractivity contribution in [3.63, 3.8) is 0 Å². The monoisotopic (exact) mass is 284 g/mol. The number of hydrogen-bond donors (Lipinski definition) is 1. The number of nitrogens with zero attached hydrogens (tertiary/aromatic N) is 1. The fourth-order valence-corrected chi connectivity index (χ4v) is 1.72. The highest BCUT2D eigenvalue weighted by molar-refractivity contribution is 5.40. The van der Waals surface area contributed by atoms with E-state index in [1.54, 1.807) is 0 Å². The summed E-state index contributed by atoms with van der Waals surface area (Å²) in [5.74, 6) is 0.0468. The second-order valence-electron chi connectivity index (χ2n) is 5.03. The fourth-order valence-electron chi connectivity index (χ4n) is 1.72. The molecule has 6 heteroatoms. The van der Waals surface area contributed by atoms with Gasteiger partial charge >= 0.3 is 0 Å². The first kappa shape index (κ1) is 16.5. The van der Waals surface area contributed by atoms with Crippen LogP contribution in [0.5, 0.6) is 0 Å². The van der Waals surface area contributed by atoms with Gasteiger partial charge in [-0.2, -0.15) is 0 Å². The Morgan fingerprint density at radius 3 is 2.85 bits per heavy atom. The molecule has 20 heavy (non-hydrogen) atoms. The van der Waals surface area contributed by atoms with Crippen molar-refractivity contribution < 1.29 is 14.1 Å². The molecule has 0 spiro atoms. The maximum atomic E-state index is 13.1. The first-order chi connectivity index (χ1) is 9.50. The summed E-state index contributed by atoms with van der Waals surface area (Å²) in [7, 11) is 0. The number of nitro benzene ring substituents is 1. The van der Waals surface area contributed by atoms with Gasteiger partial charge in [0.15, 0.2) is 0 Å². The maximum absolute atomic E-state index is 13.1. The number of hydrogen-bond acceptors (Lipinski definition) is 4. The van der Waals surface area contributed by atoms with Gasteiger partial charge in [0.1, 0.15) is 5.82 Å². The normalized spacial score (nSPS) is 11.0. The third-order valence-electron chi connectivity index (χ3n) is 2.65. The lowest BCUT2D eigenvalue weighted by Crippen LogP contribution is -2.17. The van der Waals surface area contributed by atoms with Crippen LogP contribution < -0.4 is 5.32 Å². The van der Waals surface area contributed by atoms with Crippen molar-refractivity contribution in [2.24, 2.45) is 5.92 Å². The van der Waals surface area contributed by atoms with E-state index in [4.69, 9.17) is 4.74 Å². The zero-order chi connectivity index (χ0) is 15.0. The van der Waals surface area contributed by atoms with Gasteiger partial charge in [0.25, 0.3) is 5.69 Å². The average Bonchev–Trinajstić information content (AvgIpc) is 2.37. The molecule has 0 saturated heterocycles. The molecule has 1 aromatic rings. The molecule has 0 bridgehead atoms. The van der Waals surface area contributed by atoms with Crippen LogP contribution in [-0.2, 0) is 11.3 Å². The Bertz CT molecular complexity index is 438. The van der Waals surface area contributed by atoms with Crippen LogP contribution in [0.1, 0.15) is 25.8 Å². The second kappa shape index (κ2) is 8.60. The average molecular weight is 284 g/mol. The van der Waals surface area contributed by atoms with Crippen LogP contribution in [0.25, 0.3) is 0 Å². The predicted molar refractivity (Wildman–Crippen MR) is 75.0 cm³/mol. The van der Waals surface area contributed by atoms with Crippen molar-refractivity contribution >= 4 is 5.69 Å². The van der Waals surface area contributed by atoms with Gasteiger partial charge in [-0.3, -0.25) is 10.1 Å². The number of ether oxygens (including phenoxy) is 1. The zero-order valence-corrected chi connectivity index (χ0v) is 11.9. The van der Waals surface area contributed by atoms with E-state index in [0.29, 0.717) is 24.6 Å². The lowest BCUT2D eigenvalue weighted by atomic mass is 10.1. The minimum absolute atomic E-state index is 0.0602. The molecular formula is C14H21FN2O3. The van der Waals surface area contributed by atoms with E-state index < -0.39 is 10.7 Å². The minimum Gasteiger partial charge on any atom is -0.381 e. The number of halogens is 1. The van der Waals surface area contributed by atoms with Crippen LogP contribution in [0.4, 0.5) is 10.1 Å². The Labute approximate surface area is 118 Å². The molecule has 1 N–H and O–H groups in total. The summed E-state index contributed by atoms with van der Waals surface area (Å²) >= 11 is 0. The molecule has 0 fully saturated rings. The van der Waals surface area contributed by atoms with E-state index in [0.717, 1.165) is 19.1 Å². The SMILES string of the molecule is CC(C)COCCCNCc1cc(F)ccc1[N+](=O)[O-]. The number of nitro groups is 1. The summed E-state index contributed by atoms with van der Waals surface area (Å²) in [6, 6.07) is 3.49. The molecule has 1 aromatic carbocycles. The van der Waals surface area contributed by atoms with Gasteiger partial charge in [-0.15, -0.1) is 0 Å². The van der Waals surface area contributed by atoms with Crippen molar-refractivity contribution in [1.82, 2.24) is 5.32 Å². The van der Waals surface area contributed by atoms with Crippen molar-refractivity contribution in [3.8, 4) is 0 Å². The van der Waals surface area contributed by atoms with E-state index >= 15 is 0 Å². The number of nitrogens with one attached hydrogen (secondary N) is 1. The summed E-state index contributed by atoms with van der Waals surface area (Å²) in [5.41, 5.74) is 0.299. The van der Waals surface area contributed by atoms with Crippen molar-refractivity contribution in [2.45, 2.75) is 26.8 Å². The highest BCUT2D eigenvalue weighted by Gasteiger charge is 2.13. The van der Waals surface area contributed by atoms with Gasteiger partial charge in [-0.25, -0.2) is 4.39 Å². The van der Waals surface area contributed by atoms with Crippen molar-refractivity contribution in [2.75, 3.05) is 19.8 Å². The highest BCUT2D eigenvalue weighted by Crippen LogP contribution is 2.19. The molecule has 0 radical (unpaired) electrons. The fraction of sp³-hybridized carbons (Fsp3) is 0.571. The first-order valence-electron chi connectivity index (χ1n) is 6.72. The van der Waals surface area contributed by atoms with Crippen molar-refractivity contribution in [3.05, 3.63) is 39.7 Å². The highest BCUT2D eigenvalue weighted by atomic mass is 19.1. The maximum Gasteiger partial charge on any atom is 0.274 e. The van der Waals surface area contributed by atoms with Crippen LogP contribution in [-0.4, -0.2) is 24.7 Å². The molecular weight excluding hydrogens is 263 g/mol. The van der Waals surface area contributed by atoms with E-state index in [1.807, 2.05) is 0 Å². The molecule has 0 aliphatic heterocycles. The van der Waals surface area contributed by atoms with Gasteiger partial charge in [-0.05, 0) is 31.0 Å². The first-order valence-corrected chi connectivity index (χ1v) is 6.72. The zero-order valence-electron chi connectivity index (χ0n) is 11.9. The third-order valence-corrected chi connectivity index (χ3v) is 2.65. The largest absolute Gasteiger partial charge is 0.381 e. The molecule has 5 nitrogen and oxygen atoms in total. The summed E-state index contributed by atoms with van der Waals surface area (Å²) < 4.78 is 18.5. The molecule has 0 aromatic heterocycles. The number of rotatable bonds is 9. The van der Waals surface area contributed by atoms with Crippen LogP contribution in [0, 0.1) is 21.8 Å². The van der Waals surface area contributed by atoms with Gasteiger partial charge in [0.05, 0.1) is 4.92 Å². The van der Waals surface area contributed by atoms with E-state index in [1.165, 1.54) is 12.1 Å². The van der Waals surface area contributed by atoms with Gasteiger partial charge < -0.3 is 10.1 Å². The second-order valence-corrected chi connectivity index (χ2v) is 5.03. The molecule has 0 heterocycles. The Balaban J connectivity index is 2.31. The van der Waals surface area contributed by atoms with Crippen LogP contribution in [0.3, 0.4) is 0 Å². The van der Waals surface area contributed by atoms with E-state index in [-0.39, 0.29) is 12.2 Å². The molecule has 0 amide bonds. The Hall–Kier alpha value is -1.53. The molecule has 1 rings (SSSR count). The Morgan fingerprint density at radius 2 is 2.20 bits per heavy atom. The van der Waals surface area contributed by atoms with Gasteiger partial charge in [-0.1, -0.05) is 13.8 Å². The topological polar surface area (TPSA) is 64.4 Å². The molecule has 0 aliphatic carbocycles. The van der Waals surface area contributed by atoms with E-state index in [2.05, 4.69) is 19.2 Å². The molecule has 112 valence electrons. The summed E-state index contributed by atoms with van der Waals surface area (Å²) in [6.45, 7) is 6.50. The summed E-state index contributed by atoms with van der Waals surface area (Å²) in [6.07, 6.45) is 0.815. The van der Waals surface area contributed by atoms with Crippen LogP contribution in [0.15, 0.2) is 18.2 Å². The molecule has 0 saturated carbocycles. The van der Waals surface area contributed by atoms with Gasteiger partial charge in [0.2, 0.25) is 0 Å². The summed E-state index contributed by atoms with van der Waals surface area (Å²) in [5, 5.41) is 13.9. The standard InChI is InChI=1S/C14H21FN2O3/c1-11(2)10-20-7-3-6-16-9-12-8-13(15)4-5-14(12)17(18)19/h4-5,8,11,16H,3,6-7,9-10H2,1-2H3. The molecule has 0 atom stereocenters. The Kier molecular flexibility index (Phi) is 7.11. The smallest absolute Gasteiger partial charge is 0.274 e. The lowest BCUT2D eigenvalue weighted by Gasteiger charge is -2.08. The van der Waals surface area contributed by atoms with Gasteiger partial charge in [0, 0.05) is 31.4 Å². The van der Waals surface area contributed by atoms with Crippen molar-refractivity contribution in [1.29, 1.82) is 0 Å². The van der Waals surface area contributed by atoms with Crippen LogP contribution >= 0.6 is 0 Å². The van der Waals surface area contributed by atoms with Crippen LogP contribution in [0.2, 0.25) is 0 Å². The third kappa shape index (κ3) is 6.08. The predicted octanol–water partition coefficient (Wildman–Crippen LogP) is 2.89. The minimum atomic E-state index is -0.498. The molecule has 0 unspecified atom stereocenters. The lowest BCUT2D eigenvalue weighted by molar-refractivity contribution is -0.385. The van der Waals surface area contributed by atoms with E-state index in [9.17, 15) is 14.5 Å². The number of benzene rings is 1. The molecule has 0 aliphatic rings. The quantitative estimate of drug-likeness (QED) is 0.430. The Morgan fingerprint density at radius 1 is 1.45 bits per heavy atom.